The summed E-state index contributed by atoms with van der Waals surface area (Å²) in [5.74, 6) is 1.34. The number of piperidine rings is 1. The molecule has 3 atom stereocenters. The number of amides is 1. The molecule has 2 fully saturated rings. The molecule has 2 saturated heterocycles. The van der Waals surface area contributed by atoms with Gasteiger partial charge in [-0.2, -0.15) is 11.3 Å². The summed E-state index contributed by atoms with van der Waals surface area (Å²) < 4.78 is 0. The van der Waals surface area contributed by atoms with Gasteiger partial charge in [0.15, 0.2) is 0 Å². The molecule has 0 radical (unpaired) electrons. The zero-order valence-corrected chi connectivity index (χ0v) is 18.7. The maximum absolute atomic E-state index is 13.1. The number of likely N-dealkylation sites (tertiary alicyclic amines) is 2. The van der Waals surface area contributed by atoms with Gasteiger partial charge in [0.25, 0.3) is 0 Å². The van der Waals surface area contributed by atoms with Crippen LogP contribution in [0.25, 0.3) is 0 Å². The number of carbonyl (C=O) groups is 1. The number of nitrogens with zero attached hydrogens (tertiary/aromatic N) is 2. The van der Waals surface area contributed by atoms with Crippen LogP contribution in [0.4, 0.5) is 0 Å². The van der Waals surface area contributed by atoms with Crippen LogP contribution in [-0.4, -0.2) is 41.4 Å². The molecule has 0 bridgehead atoms. The van der Waals surface area contributed by atoms with Gasteiger partial charge in [-0.25, -0.2) is 0 Å². The predicted octanol–water partition coefficient (Wildman–Crippen LogP) is 5.09. The van der Waals surface area contributed by atoms with Crippen molar-refractivity contribution >= 4 is 41.0 Å². The molecule has 2 aliphatic rings. The van der Waals surface area contributed by atoms with Gasteiger partial charge in [0.05, 0.1) is 0 Å². The minimum atomic E-state index is -0.303. The highest BCUT2D eigenvalue weighted by Gasteiger charge is 2.48. The average Bonchev–Trinajstić information content (AvgIpc) is 3.33. The molecule has 148 valence electrons. The Morgan fingerprint density at radius 1 is 1.22 bits per heavy atom. The van der Waals surface area contributed by atoms with E-state index in [1.54, 1.807) is 11.3 Å². The Morgan fingerprint density at radius 2 is 2.04 bits per heavy atom. The lowest BCUT2D eigenvalue weighted by atomic mass is 9.82. The van der Waals surface area contributed by atoms with E-state index in [9.17, 15) is 4.79 Å². The van der Waals surface area contributed by atoms with E-state index in [1.165, 1.54) is 10.4 Å². The average molecular weight is 425 g/mol. The minimum Gasteiger partial charge on any atom is -0.338 e. The molecule has 27 heavy (non-hydrogen) atoms. The summed E-state index contributed by atoms with van der Waals surface area (Å²) in [5.41, 5.74) is 1.12. The van der Waals surface area contributed by atoms with E-state index in [-0.39, 0.29) is 17.8 Å². The summed E-state index contributed by atoms with van der Waals surface area (Å²) in [7, 11) is 0. The lowest BCUT2D eigenvalue weighted by molar-refractivity contribution is -0.141. The molecule has 6 heteroatoms. The highest BCUT2D eigenvalue weighted by molar-refractivity contribution is 7.09. The molecule has 1 amide bonds. The van der Waals surface area contributed by atoms with E-state index in [0.717, 1.165) is 32.6 Å². The number of fused-ring (bicyclic) bond motifs is 1. The maximum Gasteiger partial charge on any atom is 0.228 e. The second kappa shape index (κ2) is 8.24. The van der Waals surface area contributed by atoms with Crippen LogP contribution in [0.15, 0.2) is 34.3 Å². The summed E-state index contributed by atoms with van der Waals surface area (Å²) in [6.45, 7) is 10.3. The molecular formula is C21H29ClN2OS2. The number of rotatable bonds is 3. The Morgan fingerprint density at radius 3 is 2.67 bits per heavy atom. The third-order valence-corrected chi connectivity index (χ3v) is 7.41. The Bertz CT molecular complexity index is 739. The molecule has 2 aromatic rings. The first kappa shape index (κ1) is 20.8. The third kappa shape index (κ3) is 4.26. The Balaban J connectivity index is 0.00000210. The van der Waals surface area contributed by atoms with E-state index < -0.39 is 0 Å². The predicted molar refractivity (Wildman–Crippen MR) is 117 cm³/mol. The highest BCUT2D eigenvalue weighted by atomic mass is 35.5. The van der Waals surface area contributed by atoms with Gasteiger partial charge in [0.2, 0.25) is 5.91 Å². The molecule has 2 aliphatic heterocycles. The zero-order chi connectivity index (χ0) is 18.3. The largest absolute Gasteiger partial charge is 0.338 e. The van der Waals surface area contributed by atoms with Crippen molar-refractivity contribution in [2.75, 3.05) is 19.6 Å². The molecule has 0 aliphatic carbocycles. The number of thiophene rings is 2. The normalized spacial score (nSPS) is 25.9. The molecule has 3 nitrogen and oxygen atoms in total. The van der Waals surface area contributed by atoms with Crippen molar-refractivity contribution < 1.29 is 4.79 Å². The quantitative estimate of drug-likeness (QED) is 0.684. The van der Waals surface area contributed by atoms with E-state index >= 15 is 0 Å². The van der Waals surface area contributed by atoms with Crippen LogP contribution in [-0.2, 0) is 11.3 Å². The summed E-state index contributed by atoms with van der Waals surface area (Å²) in [5, 5.41) is 6.62. The smallest absolute Gasteiger partial charge is 0.228 e. The fourth-order valence-electron chi connectivity index (χ4n) is 4.57. The molecule has 0 N–H and O–H groups in total. The van der Waals surface area contributed by atoms with Gasteiger partial charge in [-0.1, -0.05) is 26.8 Å². The van der Waals surface area contributed by atoms with Crippen LogP contribution >= 0.6 is 35.1 Å². The van der Waals surface area contributed by atoms with Crippen molar-refractivity contribution in [2.45, 2.75) is 45.7 Å². The first-order chi connectivity index (χ1) is 12.4. The molecule has 4 rings (SSSR count). The molecule has 0 spiro atoms. The van der Waals surface area contributed by atoms with Gasteiger partial charge in [-0.3, -0.25) is 9.69 Å². The Kier molecular flexibility index (Phi) is 6.36. The van der Waals surface area contributed by atoms with Crippen molar-refractivity contribution in [3.63, 3.8) is 0 Å². The topological polar surface area (TPSA) is 23.6 Å². The van der Waals surface area contributed by atoms with Crippen LogP contribution in [0.1, 0.15) is 43.6 Å². The van der Waals surface area contributed by atoms with Crippen molar-refractivity contribution in [2.24, 2.45) is 11.3 Å². The molecule has 0 aromatic carbocycles. The van der Waals surface area contributed by atoms with Gasteiger partial charge in [-0.15, -0.1) is 23.7 Å². The fraction of sp³-hybridized carbons (Fsp3) is 0.571. The Labute approximate surface area is 176 Å². The van der Waals surface area contributed by atoms with Gasteiger partial charge in [-0.05, 0) is 40.3 Å². The van der Waals surface area contributed by atoms with Crippen LogP contribution in [0.2, 0.25) is 0 Å². The molecule has 2 aromatic heterocycles. The first-order valence-electron chi connectivity index (χ1n) is 9.51. The monoisotopic (exact) mass is 424 g/mol. The number of hydrogen-bond donors (Lipinski definition) is 0. The second-order valence-electron chi connectivity index (χ2n) is 8.71. The summed E-state index contributed by atoms with van der Waals surface area (Å²) >= 11 is 3.61. The molecule has 0 saturated carbocycles. The number of hydrogen-bond acceptors (Lipinski definition) is 4. The SMILES string of the molecule is CC(C)(C)C(=O)N1C[C@H](c2ccsc2)[C@H]2CN(Cc3cccs3)CC[C@H]21.Cl. The molecule has 0 unspecified atom stereocenters. The van der Waals surface area contributed by atoms with Crippen molar-refractivity contribution in [1.29, 1.82) is 0 Å². The first-order valence-corrected chi connectivity index (χ1v) is 11.3. The number of carbonyl (C=O) groups excluding carboxylic acids is 1. The molecular weight excluding hydrogens is 396 g/mol. The van der Waals surface area contributed by atoms with Gasteiger partial charge in [0.1, 0.15) is 0 Å². The van der Waals surface area contributed by atoms with Crippen LogP contribution in [0.3, 0.4) is 0 Å². The van der Waals surface area contributed by atoms with Crippen LogP contribution < -0.4 is 0 Å². The second-order valence-corrected chi connectivity index (χ2v) is 10.5. The van der Waals surface area contributed by atoms with Gasteiger partial charge in [0, 0.05) is 54.3 Å². The maximum atomic E-state index is 13.1. The zero-order valence-electron chi connectivity index (χ0n) is 16.3. The standard InChI is InChI=1S/C21H28N2OS2.ClH/c1-21(2,3)20(24)23-13-17(15-7-10-25-14-15)18-12-22(8-6-19(18)23)11-16-5-4-9-26-16;/h4-5,7,9-10,14,17-19H,6,8,11-13H2,1-3H3;1H/t17-,18-,19-;/m1./s1. The summed E-state index contributed by atoms with van der Waals surface area (Å²) in [6.07, 6.45) is 1.10. The van der Waals surface area contributed by atoms with E-state index in [2.05, 4.69) is 44.1 Å². The van der Waals surface area contributed by atoms with Crippen LogP contribution in [0.5, 0.6) is 0 Å². The van der Waals surface area contributed by atoms with E-state index in [0.29, 0.717) is 23.8 Å². The fourth-order valence-corrected chi connectivity index (χ4v) is 6.05. The number of halogens is 1. The molecule has 4 heterocycles. The third-order valence-electron chi connectivity index (χ3n) is 5.85. The van der Waals surface area contributed by atoms with Crippen molar-refractivity contribution in [3.8, 4) is 0 Å². The highest BCUT2D eigenvalue weighted by Crippen LogP contribution is 2.43. The Hall–Kier alpha value is -0.880. The van der Waals surface area contributed by atoms with Gasteiger partial charge < -0.3 is 4.90 Å². The van der Waals surface area contributed by atoms with E-state index in [4.69, 9.17) is 0 Å². The van der Waals surface area contributed by atoms with Crippen molar-refractivity contribution in [1.82, 2.24) is 9.80 Å². The van der Waals surface area contributed by atoms with Gasteiger partial charge >= 0.3 is 0 Å². The minimum absolute atomic E-state index is 0. The van der Waals surface area contributed by atoms with Crippen LogP contribution in [0, 0.1) is 11.3 Å². The lowest BCUT2D eigenvalue weighted by Gasteiger charge is -2.40. The van der Waals surface area contributed by atoms with E-state index in [1.807, 2.05) is 32.1 Å². The summed E-state index contributed by atoms with van der Waals surface area (Å²) in [4.78, 5) is 19.3. The lowest BCUT2D eigenvalue weighted by Crippen LogP contribution is -2.49. The van der Waals surface area contributed by atoms with Crippen molar-refractivity contribution in [3.05, 3.63) is 44.8 Å². The summed E-state index contributed by atoms with van der Waals surface area (Å²) in [6, 6.07) is 7.03.